The number of hydrogen-bond acceptors (Lipinski definition) is 3. The zero-order valence-electron chi connectivity index (χ0n) is 8.19. The van der Waals surface area contributed by atoms with Gasteiger partial charge in [-0.25, -0.2) is 4.79 Å². The van der Waals surface area contributed by atoms with Crippen LogP contribution in [0.3, 0.4) is 0 Å². The summed E-state index contributed by atoms with van der Waals surface area (Å²) >= 11 is 0. The highest BCUT2D eigenvalue weighted by molar-refractivity contribution is 5.68. The number of rotatable bonds is 2. The molecule has 13 heavy (non-hydrogen) atoms. The molecule has 1 rings (SSSR count). The fourth-order valence-corrected chi connectivity index (χ4v) is 1.54. The highest BCUT2D eigenvalue weighted by Gasteiger charge is 2.29. The summed E-state index contributed by atoms with van der Waals surface area (Å²) in [7, 11) is 0. The number of amides is 1. The zero-order valence-corrected chi connectivity index (χ0v) is 8.19. The summed E-state index contributed by atoms with van der Waals surface area (Å²) in [6, 6.07) is -0.0359. The van der Waals surface area contributed by atoms with E-state index in [9.17, 15) is 4.79 Å². The van der Waals surface area contributed by atoms with E-state index >= 15 is 0 Å². The van der Waals surface area contributed by atoms with Crippen LogP contribution in [0.25, 0.3) is 0 Å². The number of carbonyl (C=O) groups excluding carboxylic acids is 1. The molecule has 1 saturated heterocycles. The molecule has 0 radical (unpaired) electrons. The van der Waals surface area contributed by atoms with E-state index in [-0.39, 0.29) is 24.8 Å². The molecule has 0 spiro atoms. The van der Waals surface area contributed by atoms with Crippen LogP contribution < -0.4 is 0 Å². The van der Waals surface area contributed by atoms with Gasteiger partial charge in [-0.1, -0.05) is 0 Å². The second-order valence-electron chi connectivity index (χ2n) is 3.60. The Balaban J connectivity index is 2.45. The van der Waals surface area contributed by atoms with Gasteiger partial charge in [0.2, 0.25) is 0 Å². The summed E-state index contributed by atoms with van der Waals surface area (Å²) in [6.07, 6.45) is 1.45. The molecule has 0 aromatic carbocycles. The summed E-state index contributed by atoms with van der Waals surface area (Å²) in [6.45, 7) is 4.38. The van der Waals surface area contributed by atoms with Crippen molar-refractivity contribution in [1.82, 2.24) is 4.90 Å². The molecule has 4 heteroatoms. The minimum atomic E-state index is -0.299. The highest BCUT2D eigenvalue weighted by Crippen LogP contribution is 2.17. The normalized spacial score (nSPS) is 22.5. The van der Waals surface area contributed by atoms with Gasteiger partial charge in [-0.15, -0.1) is 0 Å². The SMILES string of the molecule is CC(C)OC(=O)N1CCC[C@H]1CO. The van der Waals surface area contributed by atoms with Crippen molar-refractivity contribution in [2.75, 3.05) is 13.2 Å². The van der Waals surface area contributed by atoms with Crippen molar-refractivity contribution in [3.05, 3.63) is 0 Å². The molecule has 1 heterocycles. The second-order valence-corrected chi connectivity index (χ2v) is 3.60. The van der Waals surface area contributed by atoms with Crippen LogP contribution in [0.5, 0.6) is 0 Å². The molecule has 1 amide bonds. The molecule has 0 unspecified atom stereocenters. The van der Waals surface area contributed by atoms with Gasteiger partial charge in [0.05, 0.1) is 18.8 Å². The Morgan fingerprint density at radius 3 is 2.92 bits per heavy atom. The van der Waals surface area contributed by atoms with Gasteiger partial charge in [-0.3, -0.25) is 0 Å². The first kappa shape index (κ1) is 10.3. The van der Waals surface area contributed by atoms with E-state index in [1.54, 1.807) is 4.90 Å². The third-order valence-corrected chi connectivity index (χ3v) is 2.16. The molecule has 4 nitrogen and oxygen atoms in total. The Hall–Kier alpha value is -0.770. The minimum absolute atomic E-state index is 0.0349. The van der Waals surface area contributed by atoms with E-state index in [0.29, 0.717) is 6.54 Å². The lowest BCUT2D eigenvalue weighted by molar-refractivity contribution is 0.0634. The molecule has 0 saturated carbocycles. The van der Waals surface area contributed by atoms with Crippen molar-refractivity contribution in [3.63, 3.8) is 0 Å². The first-order chi connectivity index (χ1) is 6.15. The van der Waals surface area contributed by atoms with Gasteiger partial charge < -0.3 is 14.7 Å². The molecule has 76 valence electrons. The van der Waals surface area contributed by atoms with Crippen LogP contribution in [-0.2, 0) is 4.74 Å². The maximum atomic E-state index is 11.4. The molecule has 1 aliphatic rings. The van der Waals surface area contributed by atoms with Gasteiger partial charge in [0.25, 0.3) is 0 Å². The lowest BCUT2D eigenvalue weighted by Gasteiger charge is -2.23. The summed E-state index contributed by atoms with van der Waals surface area (Å²) in [4.78, 5) is 13.0. The van der Waals surface area contributed by atoms with Crippen LogP contribution in [0, 0.1) is 0 Å². The topological polar surface area (TPSA) is 49.8 Å². The van der Waals surface area contributed by atoms with Gasteiger partial charge in [0, 0.05) is 6.54 Å². The van der Waals surface area contributed by atoms with E-state index in [1.807, 2.05) is 13.8 Å². The van der Waals surface area contributed by atoms with Crippen LogP contribution >= 0.6 is 0 Å². The smallest absolute Gasteiger partial charge is 0.410 e. The van der Waals surface area contributed by atoms with E-state index < -0.39 is 0 Å². The first-order valence-corrected chi connectivity index (χ1v) is 4.73. The van der Waals surface area contributed by atoms with Crippen molar-refractivity contribution < 1.29 is 14.6 Å². The van der Waals surface area contributed by atoms with Crippen molar-refractivity contribution >= 4 is 6.09 Å². The largest absolute Gasteiger partial charge is 0.447 e. The Morgan fingerprint density at radius 2 is 2.38 bits per heavy atom. The summed E-state index contributed by atoms with van der Waals surface area (Å²) in [5, 5.41) is 8.97. The van der Waals surface area contributed by atoms with Crippen LogP contribution in [0.1, 0.15) is 26.7 Å². The van der Waals surface area contributed by atoms with Gasteiger partial charge >= 0.3 is 6.09 Å². The summed E-state index contributed by atoms with van der Waals surface area (Å²) in [5.41, 5.74) is 0. The summed E-state index contributed by atoms with van der Waals surface area (Å²) < 4.78 is 5.04. The number of nitrogens with zero attached hydrogens (tertiary/aromatic N) is 1. The minimum Gasteiger partial charge on any atom is -0.447 e. The predicted octanol–water partition coefficient (Wildman–Crippen LogP) is 0.988. The van der Waals surface area contributed by atoms with Gasteiger partial charge in [-0.05, 0) is 26.7 Å². The molecule has 0 bridgehead atoms. The third-order valence-electron chi connectivity index (χ3n) is 2.16. The molecule has 1 N–H and O–H groups in total. The number of hydrogen-bond donors (Lipinski definition) is 1. The number of likely N-dealkylation sites (tertiary alicyclic amines) is 1. The van der Waals surface area contributed by atoms with E-state index in [0.717, 1.165) is 12.8 Å². The van der Waals surface area contributed by atoms with Crippen LogP contribution in [0.2, 0.25) is 0 Å². The average molecular weight is 187 g/mol. The fraction of sp³-hybridized carbons (Fsp3) is 0.889. The number of aliphatic hydroxyl groups excluding tert-OH is 1. The molecular weight excluding hydrogens is 170 g/mol. The second kappa shape index (κ2) is 4.46. The molecule has 1 fully saturated rings. The number of carbonyl (C=O) groups is 1. The van der Waals surface area contributed by atoms with Crippen molar-refractivity contribution in [1.29, 1.82) is 0 Å². The van der Waals surface area contributed by atoms with Crippen LogP contribution in [0.4, 0.5) is 4.79 Å². The fourth-order valence-electron chi connectivity index (χ4n) is 1.54. The monoisotopic (exact) mass is 187 g/mol. The van der Waals surface area contributed by atoms with Crippen molar-refractivity contribution in [2.24, 2.45) is 0 Å². The van der Waals surface area contributed by atoms with E-state index in [1.165, 1.54) is 0 Å². The van der Waals surface area contributed by atoms with E-state index in [2.05, 4.69) is 0 Å². The Kier molecular flexibility index (Phi) is 3.54. The van der Waals surface area contributed by atoms with Crippen LogP contribution in [-0.4, -0.2) is 41.4 Å². The Morgan fingerprint density at radius 1 is 1.69 bits per heavy atom. The average Bonchev–Trinajstić information content (AvgIpc) is 2.49. The molecule has 0 aliphatic carbocycles. The van der Waals surface area contributed by atoms with Crippen molar-refractivity contribution in [3.8, 4) is 0 Å². The zero-order chi connectivity index (χ0) is 9.84. The third kappa shape index (κ3) is 2.59. The van der Waals surface area contributed by atoms with E-state index in [4.69, 9.17) is 9.84 Å². The standard InChI is InChI=1S/C9H17NO3/c1-7(2)13-9(12)10-5-3-4-8(10)6-11/h7-8,11H,3-6H2,1-2H3/t8-/m0/s1. The van der Waals surface area contributed by atoms with Gasteiger partial charge in [-0.2, -0.15) is 0 Å². The number of aliphatic hydroxyl groups is 1. The molecule has 1 aliphatic heterocycles. The van der Waals surface area contributed by atoms with Gasteiger partial charge in [0.15, 0.2) is 0 Å². The van der Waals surface area contributed by atoms with Crippen LogP contribution in [0.15, 0.2) is 0 Å². The van der Waals surface area contributed by atoms with Crippen molar-refractivity contribution in [2.45, 2.75) is 38.8 Å². The lowest BCUT2D eigenvalue weighted by Crippen LogP contribution is -2.38. The predicted molar refractivity (Wildman–Crippen MR) is 48.4 cm³/mol. The molecule has 1 atom stereocenters. The Bertz CT molecular complexity index is 182. The quantitative estimate of drug-likeness (QED) is 0.701. The number of ether oxygens (including phenoxy) is 1. The van der Waals surface area contributed by atoms with Gasteiger partial charge in [0.1, 0.15) is 0 Å². The lowest BCUT2D eigenvalue weighted by atomic mass is 10.2. The maximum absolute atomic E-state index is 11.4. The molecular formula is C9H17NO3. The first-order valence-electron chi connectivity index (χ1n) is 4.73. The maximum Gasteiger partial charge on any atom is 0.410 e. The molecule has 0 aromatic rings. The molecule has 0 aromatic heterocycles. The highest BCUT2D eigenvalue weighted by atomic mass is 16.6. The Labute approximate surface area is 78.5 Å². The summed E-state index contributed by atoms with van der Waals surface area (Å²) in [5.74, 6) is 0.